The molecule has 1 aliphatic rings. The van der Waals surface area contributed by atoms with Crippen LogP contribution in [0.15, 0.2) is 24.3 Å². The molecule has 0 aliphatic carbocycles. The second-order valence-corrected chi connectivity index (χ2v) is 6.51. The number of carbonyl (C=O) groups is 1. The standard InChI is InChI=1S/C12H16N2O4S/c1-13(2)12(15)11-8-14(19(3,16)17)9-6-4-5-7-10(9)18-11/h4-7,11H,8H2,1-3H3/t11-/m1/s1. The molecular weight excluding hydrogens is 268 g/mol. The number of carbonyl (C=O) groups excluding carboxylic acids is 1. The second kappa shape index (κ2) is 4.73. The molecule has 1 aromatic rings. The van der Waals surface area contributed by atoms with Gasteiger partial charge in [0.2, 0.25) is 10.0 Å². The van der Waals surface area contributed by atoms with E-state index in [4.69, 9.17) is 4.74 Å². The predicted molar refractivity (Wildman–Crippen MR) is 71.7 cm³/mol. The van der Waals surface area contributed by atoms with E-state index in [0.717, 1.165) is 6.26 Å². The van der Waals surface area contributed by atoms with Gasteiger partial charge in [0.25, 0.3) is 5.91 Å². The average molecular weight is 284 g/mol. The molecule has 0 saturated heterocycles. The monoisotopic (exact) mass is 284 g/mol. The topological polar surface area (TPSA) is 66.9 Å². The zero-order valence-corrected chi connectivity index (χ0v) is 11.8. The van der Waals surface area contributed by atoms with E-state index in [9.17, 15) is 13.2 Å². The minimum Gasteiger partial charge on any atom is -0.476 e. The molecule has 0 aromatic heterocycles. The molecule has 7 heteroatoms. The van der Waals surface area contributed by atoms with Gasteiger partial charge >= 0.3 is 0 Å². The zero-order chi connectivity index (χ0) is 14.2. The lowest BCUT2D eigenvalue weighted by Gasteiger charge is -2.34. The van der Waals surface area contributed by atoms with Crippen molar-refractivity contribution in [3.8, 4) is 5.75 Å². The van der Waals surface area contributed by atoms with Crippen molar-refractivity contribution in [3.05, 3.63) is 24.3 Å². The van der Waals surface area contributed by atoms with Crippen LogP contribution in [0, 0.1) is 0 Å². The van der Waals surface area contributed by atoms with E-state index in [1.165, 1.54) is 9.21 Å². The summed E-state index contributed by atoms with van der Waals surface area (Å²) >= 11 is 0. The van der Waals surface area contributed by atoms with Gasteiger partial charge in [-0.2, -0.15) is 0 Å². The number of anilines is 1. The van der Waals surface area contributed by atoms with Crippen LogP contribution in [-0.2, 0) is 14.8 Å². The summed E-state index contributed by atoms with van der Waals surface area (Å²) in [5.74, 6) is 0.141. The molecule has 0 saturated carbocycles. The summed E-state index contributed by atoms with van der Waals surface area (Å²) in [6.07, 6.45) is 0.298. The molecule has 1 atom stereocenters. The number of benzene rings is 1. The number of sulfonamides is 1. The van der Waals surface area contributed by atoms with Crippen molar-refractivity contribution < 1.29 is 17.9 Å². The number of hydrogen-bond donors (Lipinski definition) is 0. The first-order chi connectivity index (χ1) is 8.80. The van der Waals surface area contributed by atoms with Gasteiger partial charge in [0.15, 0.2) is 6.10 Å². The largest absolute Gasteiger partial charge is 0.476 e. The second-order valence-electron chi connectivity index (χ2n) is 4.60. The molecule has 1 amide bonds. The van der Waals surface area contributed by atoms with Crippen molar-refractivity contribution >= 4 is 21.6 Å². The quantitative estimate of drug-likeness (QED) is 0.783. The van der Waals surface area contributed by atoms with Gasteiger partial charge < -0.3 is 9.64 Å². The Bertz CT molecular complexity index is 598. The highest BCUT2D eigenvalue weighted by atomic mass is 32.2. The fraction of sp³-hybridized carbons (Fsp3) is 0.417. The molecule has 1 aliphatic heterocycles. The number of nitrogens with zero attached hydrogens (tertiary/aromatic N) is 2. The minimum atomic E-state index is -3.45. The third kappa shape index (κ3) is 2.65. The molecule has 1 heterocycles. The Morgan fingerprint density at radius 3 is 2.58 bits per heavy atom. The molecule has 104 valence electrons. The maximum atomic E-state index is 12.0. The van der Waals surface area contributed by atoms with Gasteiger partial charge in [-0.05, 0) is 12.1 Å². The number of amides is 1. The van der Waals surface area contributed by atoms with E-state index in [1.807, 2.05) is 0 Å². The lowest BCUT2D eigenvalue weighted by molar-refractivity contribution is -0.135. The van der Waals surface area contributed by atoms with E-state index < -0.39 is 16.1 Å². The van der Waals surface area contributed by atoms with Crippen molar-refractivity contribution in [3.63, 3.8) is 0 Å². The maximum absolute atomic E-state index is 12.0. The molecule has 0 bridgehead atoms. The van der Waals surface area contributed by atoms with Crippen LogP contribution in [0.4, 0.5) is 5.69 Å². The smallest absolute Gasteiger partial charge is 0.265 e. The van der Waals surface area contributed by atoms with Crippen LogP contribution in [0.25, 0.3) is 0 Å². The predicted octanol–water partition coefficient (Wildman–Crippen LogP) is 0.302. The third-order valence-corrected chi connectivity index (χ3v) is 4.00. The Morgan fingerprint density at radius 2 is 2.00 bits per heavy atom. The van der Waals surface area contributed by atoms with Gasteiger partial charge in [0.1, 0.15) is 5.75 Å². The Morgan fingerprint density at radius 1 is 1.37 bits per heavy atom. The Kier molecular flexibility index (Phi) is 3.40. The number of likely N-dealkylation sites (N-methyl/N-ethyl adjacent to an activating group) is 1. The molecular formula is C12H16N2O4S. The van der Waals surface area contributed by atoms with E-state index in [0.29, 0.717) is 11.4 Å². The molecule has 0 fully saturated rings. The Balaban J connectivity index is 2.43. The fourth-order valence-corrected chi connectivity index (χ4v) is 2.85. The van der Waals surface area contributed by atoms with E-state index in [1.54, 1.807) is 38.4 Å². The average Bonchev–Trinajstić information content (AvgIpc) is 2.35. The Labute approximate surface area is 112 Å². The highest BCUT2D eigenvalue weighted by molar-refractivity contribution is 7.92. The van der Waals surface area contributed by atoms with Gasteiger partial charge in [-0.1, -0.05) is 12.1 Å². The number of rotatable bonds is 2. The summed E-state index contributed by atoms with van der Waals surface area (Å²) in [7, 11) is -0.233. The van der Waals surface area contributed by atoms with Crippen molar-refractivity contribution in [2.24, 2.45) is 0 Å². The first-order valence-electron chi connectivity index (χ1n) is 5.75. The highest BCUT2D eigenvalue weighted by Crippen LogP contribution is 2.34. The van der Waals surface area contributed by atoms with Gasteiger partial charge in [0.05, 0.1) is 18.5 Å². The molecule has 19 heavy (non-hydrogen) atoms. The summed E-state index contributed by atoms with van der Waals surface area (Å²) in [6.45, 7) is -0.00708. The van der Waals surface area contributed by atoms with E-state index in [2.05, 4.69) is 0 Å². The van der Waals surface area contributed by atoms with Gasteiger partial charge in [-0.3, -0.25) is 9.10 Å². The first kappa shape index (κ1) is 13.7. The number of para-hydroxylation sites is 2. The van der Waals surface area contributed by atoms with Crippen molar-refractivity contribution in [1.82, 2.24) is 4.90 Å². The molecule has 0 radical (unpaired) electrons. The van der Waals surface area contributed by atoms with Crippen LogP contribution in [0.5, 0.6) is 5.75 Å². The summed E-state index contributed by atoms with van der Waals surface area (Å²) in [5, 5.41) is 0. The first-order valence-corrected chi connectivity index (χ1v) is 7.60. The van der Waals surface area contributed by atoms with Gasteiger partial charge in [-0.25, -0.2) is 8.42 Å². The molecule has 6 nitrogen and oxygen atoms in total. The number of fused-ring (bicyclic) bond motifs is 1. The van der Waals surface area contributed by atoms with Crippen LogP contribution in [0.1, 0.15) is 0 Å². The Hall–Kier alpha value is -1.76. The lowest BCUT2D eigenvalue weighted by Crippen LogP contribution is -2.50. The third-order valence-electron chi connectivity index (χ3n) is 2.85. The summed E-state index contributed by atoms with van der Waals surface area (Å²) < 4.78 is 30.5. The number of ether oxygens (including phenoxy) is 1. The van der Waals surface area contributed by atoms with Crippen LogP contribution in [0.2, 0.25) is 0 Å². The summed E-state index contributed by atoms with van der Waals surface area (Å²) in [6, 6.07) is 6.78. The van der Waals surface area contributed by atoms with Crippen molar-refractivity contribution in [2.45, 2.75) is 6.10 Å². The zero-order valence-electron chi connectivity index (χ0n) is 11.0. The molecule has 0 unspecified atom stereocenters. The van der Waals surface area contributed by atoms with Crippen LogP contribution < -0.4 is 9.04 Å². The molecule has 2 rings (SSSR count). The molecule has 0 spiro atoms. The normalized spacial score (nSPS) is 18.5. The SMILES string of the molecule is CN(C)C(=O)[C@H]1CN(S(C)(=O)=O)c2ccccc2O1. The van der Waals surface area contributed by atoms with Crippen molar-refractivity contribution in [1.29, 1.82) is 0 Å². The highest BCUT2D eigenvalue weighted by Gasteiger charge is 2.35. The van der Waals surface area contributed by atoms with Gasteiger partial charge in [-0.15, -0.1) is 0 Å². The summed E-state index contributed by atoms with van der Waals surface area (Å²) in [5.41, 5.74) is 0.466. The van der Waals surface area contributed by atoms with Crippen LogP contribution in [0.3, 0.4) is 0 Å². The minimum absolute atomic E-state index is 0.00708. The van der Waals surface area contributed by atoms with Crippen molar-refractivity contribution in [2.75, 3.05) is 31.2 Å². The van der Waals surface area contributed by atoms with Gasteiger partial charge in [0, 0.05) is 14.1 Å². The van der Waals surface area contributed by atoms with Crippen LogP contribution >= 0.6 is 0 Å². The number of hydrogen-bond acceptors (Lipinski definition) is 4. The maximum Gasteiger partial charge on any atom is 0.265 e. The van der Waals surface area contributed by atoms with E-state index in [-0.39, 0.29) is 12.5 Å². The fourth-order valence-electron chi connectivity index (χ4n) is 1.93. The van der Waals surface area contributed by atoms with E-state index >= 15 is 0 Å². The summed E-state index contributed by atoms with van der Waals surface area (Å²) in [4.78, 5) is 13.3. The lowest BCUT2D eigenvalue weighted by atomic mass is 10.2. The van der Waals surface area contributed by atoms with Crippen LogP contribution in [-0.4, -0.2) is 52.2 Å². The molecule has 0 N–H and O–H groups in total. The molecule has 1 aromatic carbocycles.